The molecule has 2 aliphatic carbocycles. The molecule has 0 bridgehead atoms. The Morgan fingerprint density at radius 1 is 1.30 bits per heavy atom. The first-order chi connectivity index (χ1) is 15.7. The van der Waals surface area contributed by atoms with Gasteiger partial charge in [-0.25, -0.2) is 14.5 Å². The average Bonchev–Trinajstić information content (AvgIpc) is 3.44. The van der Waals surface area contributed by atoms with Gasteiger partial charge in [0.15, 0.2) is 0 Å². The van der Waals surface area contributed by atoms with Crippen LogP contribution in [0.4, 0.5) is 4.79 Å². The number of aromatic nitrogens is 4. The van der Waals surface area contributed by atoms with Gasteiger partial charge in [0.1, 0.15) is 23.7 Å². The fraction of sp³-hybridized carbons (Fsp3) is 0.609. The number of rotatable bonds is 7. The molecule has 4 rings (SSSR count). The van der Waals surface area contributed by atoms with Gasteiger partial charge >= 0.3 is 12.1 Å². The summed E-state index contributed by atoms with van der Waals surface area (Å²) in [7, 11) is 3.50. The van der Waals surface area contributed by atoms with E-state index in [4.69, 9.17) is 9.47 Å². The van der Waals surface area contributed by atoms with E-state index < -0.39 is 5.97 Å². The number of amides is 1. The molecule has 2 saturated carbocycles. The Morgan fingerprint density at radius 2 is 2.06 bits per heavy atom. The van der Waals surface area contributed by atoms with Crippen LogP contribution in [0.3, 0.4) is 0 Å². The lowest BCUT2D eigenvalue weighted by Gasteiger charge is -2.27. The van der Waals surface area contributed by atoms with Gasteiger partial charge in [0, 0.05) is 19.6 Å². The maximum atomic E-state index is 12.4. The van der Waals surface area contributed by atoms with Crippen molar-refractivity contribution >= 4 is 12.1 Å². The van der Waals surface area contributed by atoms with Gasteiger partial charge < -0.3 is 19.5 Å². The summed E-state index contributed by atoms with van der Waals surface area (Å²) in [6.45, 7) is 3.92. The van der Waals surface area contributed by atoms with Crippen molar-refractivity contribution in [1.82, 2.24) is 24.9 Å². The molecule has 0 unspecified atom stereocenters. The number of carboxylic acids is 1. The van der Waals surface area contributed by atoms with E-state index in [9.17, 15) is 14.7 Å². The van der Waals surface area contributed by atoms with Gasteiger partial charge in [-0.2, -0.15) is 0 Å². The highest BCUT2D eigenvalue weighted by atomic mass is 16.6. The molecule has 0 radical (unpaired) electrons. The first-order valence-electron chi connectivity index (χ1n) is 11.3. The van der Waals surface area contributed by atoms with E-state index in [-0.39, 0.29) is 30.3 Å². The number of ether oxygens (including phenoxy) is 2. The zero-order valence-corrected chi connectivity index (χ0v) is 19.6. The van der Waals surface area contributed by atoms with Crippen molar-refractivity contribution in [3.63, 3.8) is 0 Å². The average molecular weight is 458 g/mol. The molecule has 0 saturated heterocycles. The summed E-state index contributed by atoms with van der Waals surface area (Å²) in [5.74, 6) is -0.490. The van der Waals surface area contributed by atoms with Gasteiger partial charge in [-0.1, -0.05) is 5.21 Å². The Bertz CT molecular complexity index is 1050. The highest BCUT2D eigenvalue weighted by molar-refractivity contribution is 5.70. The van der Waals surface area contributed by atoms with Crippen LogP contribution in [-0.4, -0.2) is 60.7 Å². The molecule has 2 atom stereocenters. The van der Waals surface area contributed by atoms with Crippen LogP contribution in [0.2, 0.25) is 0 Å². The summed E-state index contributed by atoms with van der Waals surface area (Å²) < 4.78 is 13.2. The fourth-order valence-electron chi connectivity index (χ4n) is 4.16. The Labute approximate surface area is 192 Å². The van der Waals surface area contributed by atoms with Crippen LogP contribution in [0.5, 0.6) is 5.75 Å². The number of aryl methyl sites for hydroxylation is 2. The van der Waals surface area contributed by atoms with E-state index in [0.29, 0.717) is 41.4 Å². The summed E-state index contributed by atoms with van der Waals surface area (Å²) in [5.41, 5.74) is 2.37. The molecule has 1 N–H and O–H groups in total. The zero-order chi connectivity index (χ0) is 23.8. The van der Waals surface area contributed by atoms with E-state index in [1.807, 2.05) is 19.9 Å². The smallest absolute Gasteiger partial charge is 0.410 e. The molecule has 0 spiro atoms. The Hall–Kier alpha value is -3.17. The van der Waals surface area contributed by atoms with Crippen molar-refractivity contribution < 1.29 is 24.2 Å². The maximum Gasteiger partial charge on any atom is 0.410 e. The summed E-state index contributed by atoms with van der Waals surface area (Å²) >= 11 is 0. The number of carbonyl (C=O) groups is 2. The predicted octanol–water partition coefficient (Wildman–Crippen LogP) is 3.33. The molecule has 1 amide bonds. The molecule has 10 heteroatoms. The van der Waals surface area contributed by atoms with Gasteiger partial charge in [0.2, 0.25) is 0 Å². The molecule has 0 aliphatic heterocycles. The summed E-state index contributed by atoms with van der Waals surface area (Å²) in [6.07, 6.45) is 4.31. The Kier molecular flexibility index (Phi) is 6.27. The summed E-state index contributed by atoms with van der Waals surface area (Å²) in [6, 6.07) is 3.63. The van der Waals surface area contributed by atoms with Gasteiger partial charge in [0.05, 0.1) is 23.4 Å². The van der Waals surface area contributed by atoms with Crippen molar-refractivity contribution in [3.05, 3.63) is 23.5 Å². The van der Waals surface area contributed by atoms with Crippen LogP contribution in [0.25, 0.3) is 11.4 Å². The van der Waals surface area contributed by atoms with Crippen LogP contribution in [0.15, 0.2) is 12.1 Å². The molecule has 2 aromatic heterocycles. The highest BCUT2D eigenvalue weighted by Gasteiger charge is 2.44. The molecule has 2 aromatic rings. The first kappa shape index (κ1) is 23.0. The number of carboxylic acid groups (broad SMARTS) is 1. The lowest BCUT2D eigenvalue weighted by molar-refractivity contribution is -0.143. The third-order valence-electron chi connectivity index (χ3n) is 6.88. The third kappa shape index (κ3) is 4.94. The molecule has 178 valence electrons. The number of hydrogen-bond donors (Lipinski definition) is 1. The van der Waals surface area contributed by atoms with Gasteiger partial charge in [-0.3, -0.25) is 4.79 Å². The van der Waals surface area contributed by atoms with Gasteiger partial charge in [-0.15, -0.1) is 5.10 Å². The fourth-order valence-corrected chi connectivity index (χ4v) is 4.16. The van der Waals surface area contributed by atoms with Crippen molar-refractivity contribution in [2.24, 2.45) is 13.0 Å². The second kappa shape index (κ2) is 8.99. The summed E-state index contributed by atoms with van der Waals surface area (Å²) in [5, 5.41) is 17.6. The molecule has 2 fully saturated rings. The minimum atomic E-state index is -0.762. The minimum Gasteiger partial charge on any atom is -0.489 e. The number of aliphatic carboxylic acids is 1. The normalized spacial score (nSPS) is 21.3. The van der Waals surface area contributed by atoms with Crippen molar-refractivity contribution in [1.29, 1.82) is 0 Å². The second-order valence-electron chi connectivity index (χ2n) is 9.34. The Balaban J connectivity index is 1.45. The van der Waals surface area contributed by atoms with Crippen LogP contribution < -0.4 is 4.74 Å². The lowest BCUT2D eigenvalue weighted by Crippen LogP contribution is -2.37. The van der Waals surface area contributed by atoms with Crippen LogP contribution in [0, 0.1) is 12.8 Å². The molecular weight excluding hydrogens is 426 g/mol. The lowest BCUT2D eigenvalue weighted by atomic mass is 9.87. The van der Waals surface area contributed by atoms with Gasteiger partial charge in [-0.05, 0) is 64.5 Å². The third-order valence-corrected chi connectivity index (χ3v) is 6.88. The quantitative estimate of drug-likeness (QED) is 0.672. The monoisotopic (exact) mass is 457 g/mol. The van der Waals surface area contributed by atoms with Crippen molar-refractivity contribution in [2.75, 3.05) is 7.05 Å². The zero-order valence-electron chi connectivity index (χ0n) is 19.6. The van der Waals surface area contributed by atoms with E-state index in [2.05, 4.69) is 15.3 Å². The highest BCUT2D eigenvalue weighted by Crippen LogP contribution is 2.40. The van der Waals surface area contributed by atoms with E-state index >= 15 is 0 Å². The molecular formula is C23H31N5O5. The molecule has 2 heterocycles. The van der Waals surface area contributed by atoms with Gasteiger partial charge in [0.25, 0.3) is 0 Å². The van der Waals surface area contributed by atoms with Crippen LogP contribution in [0.1, 0.15) is 56.8 Å². The topological polar surface area (TPSA) is 120 Å². The molecule has 33 heavy (non-hydrogen) atoms. The summed E-state index contributed by atoms with van der Waals surface area (Å²) in [4.78, 5) is 30.0. The molecule has 0 aromatic carbocycles. The number of pyridine rings is 1. The number of carbonyl (C=O) groups excluding carboxylic acids is 1. The van der Waals surface area contributed by atoms with E-state index in [1.54, 1.807) is 29.7 Å². The Morgan fingerprint density at radius 3 is 2.73 bits per heavy atom. The largest absolute Gasteiger partial charge is 0.489 e. The standard InChI is InChI=1S/C23H31N5O5/c1-14-19(33-16-7-5-6-15(12-16)21(29)30)9-8-17(24-14)20-18(28(4)26-25-20)13-32-22(31)27(3)23(2)10-11-23/h8-9,15-16H,5-7,10-13H2,1-4H3,(H,29,30)/t15-,16-/m0/s1. The SMILES string of the molecule is Cc1nc(-c2nnn(C)c2COC(=O)N(C)C2(C)CC2)ccc1O[C@H]1CCC[C@H](C(=O)O)C1. The van der Waals surface area contributed by atoms with Crippen LogP contribution >= 0.6 is 0 Å². The van der Waals surface area contributed by atoms with E-state index in [0.717, 1.165) is 25.7 Å². The predicted molar refractivity (Wildman–Crippen MR) is 119 cm³/mol. The van der Waals surface area contributed by atoms with E-state index in [1.165, 1.54) is 0 Å². The maximum absolute atomic E-state index is 12.4. The van der Waals surface area contributed by atoms with Crippen molar-refractivity contribution in [2.45, 2.75) is 70.6 Å². The molecule has 2 aliphatic rings. The van der Waals surface area contributed by atoms with Crippen LogP contribution in [-0.2, 0) is 23.2 Å². The minimum absolute atomic E-state index is 0.0374. The first-order valence-corrected chi connectivity index (χ1v) is 11.3. The second-order valence-corrected chi connectivity index (χ2v) is 9.34. The number of nitrogens with zero attached hydrogens (tertiary/aromatic N) is 5. The molecule has 10 nitrogen and oxygen atoms in total. The number of hydrogen-bond acceptors (Lipinski definition) is 7. The van der Waals surface area contributed by atoms with Crippen molar-refractivity contribution in [3.8, 4) is 17.1 Å².